The van der Waals surface area contributed by atoms with E-state index in [-0.39, 0.29) is 23.5 Å². The summed E-state index contributed by atoms with van der Waals surface area (Å²) < 4.78 is 7.18. The number of aromatic hydroxyl groups is 1. The van der Waals surface area contributed by atoms with E-state index in [4.69, 9.17) is 16.3 Å². The Kier molecular flexibility index (Phi) is 5.80. The standard InChI is InChI=1S/C23H19ClN2O4S/c1-3-30-22(29)19-13(2)25-23-26(20(19)16-9-4-5-10-17(16)24)21(28)18(31-23)12-14-7-6-8-15(27)11-14/h4-12,20,27H,3H2,1-2H3/b18-12-. The fourth-order valence-electron chi connectivity index (χ4n) is 3.55. The van der Waals surface area contributed by atoms with Crippen LogP contribution in [0.4, 0.5) is 0 Å². The molecule has 2 aromatic carbocycles. The molecule has 0 bridgehead atoms. The van der Waals surface area contributed by atoms with E-state index in [1.54, 1.807) is 62.4 Å². The van der Waals surface area contributed by atoms with E-state index in [0.29, 0.717) is 31.2 Å². The molecule has 0 fully saturated rings. The van der Waals surface area contributed by atoms with Crippen molar-refractivity contribution < 1.29 is 14.6 Å². The summed E-state index contributed by atoms with van der Waals surface area (Å²) >= 11 is 7.69. The third-order valence-electron chi connectivity index (χ3n) is 4.88. The molecule has 158 valence electrons. The van der Waals surface area contributed by atoms with Gasteiger partial charge in [0.1, 0.15) is 11.8 Å². The first-order valence-electron chi connectivity index (χ1n) is 9.64. The first-order chi connectivity index (χ1) is 14.9. The van der Waals surface area contributed by atoms with Crippen LogP contribution in [0.3, 0.4) is 0 Å². The lowest BCUT2D eigenvalue weighted by atomic mass is 9.96. The van der Waals surface area contributed by atoms with E-state index in [2.05, 4.69) is 4.99 Å². The Labute approximate surface area is 187 Å². The van der Waals surface area contributed by atoms with Crippen LogP contribution in [0, 0.1) is 0 Å². The van der Waals surface area contributed by atoms with Gasteiger partial charge < -0.3 is 9.84 Å². The van der Waals surface area contributed by atoms with E-state index in [1.807, 2.05) is 6.07 Å². The highest BCUT2D eigenvalue weighted by Crippen LogP contribution is 2.34. The molecule has 0 aliphatic carbocycles. The molecule has 1 N–H and O–H groups in total. The van der Waals surface area contributed by atoms with Gasteiger partial charge >= 0.3 is 5.97 Å². The summed E-state index contributed by atoms with van der Waals surface area (Å²) in [5, 5.41) is 10.2. The molecule has 0 amide bonds. The first-order valence-corrected chi connectivity index (χ1v) is 10.8. The van der Waals surface area contributed by atoms with Gasteiger partial charge in [0.2, 0.25) is 0 Å². The maximum Gasteiger partial charge on any atom is 0.338 e. The average Bonchev–Trinajstić information content (AvgIpc) is 3.02. The van der Waals surface area contributed by atoms with Crippen molar-refractivity contribution in [2.75, 3.05) is 6.61 Å². The second kappa shape index (κ2) is 8.53. The number of aromatic nitrogens is 1. The summed E-state index contributed by atoms with van der Waals surface area (Å²) in [5.41, 5.74) is 1.76. The van der Waals surface area contributed by atoms with Crippen molar-refractivity contribution in [3.8, 4) is 5.75 Å². The van der Waals surface area contributed by atoms with Gasteiger partial charge in [-0.15, -0.1) is 0 Å². The normalized spacial score (nSPS) is 16.1. The number of carbonyl (C=O) groups is 1. The predicted molar refractivity (Wildman–Crippen MR) is 120 cm³/mol. The van der Waals surface area contributed by atoms with Crippen LogP contribution in [-0.2, 0) is 9.53 Å². The zero-order valence-corrected chi connectivity index (χ0v) is 18.4. The Morgan fingerprint density at radius 2 is 2.06 bits per heavy atom. The van der Waals surface area contributed by atoms with Gasteiger partial charge in [0.05, 0.1) is 22.4 Å². The third-order valence-corrected chi connectivity index (χ3v) is 6.21. The van der Waals surface area contributed by atoms with E-state index < -0.39 is 12.0 Å². The van der Waals surface area contributed by atoms with Crippen molar-refractivity contribution in [1.29, 1.82) is 0 Å². The van der Waals surface area contributed by atoms with Gasteiger partial charge in [-0.1, -0.05) is 53.3 Å². The number of thiazole rings is 1. The van der Waals surface area contributed by atoms with Gasteiger partial charge in [0, 0.05) is 5.02 Å². The van der Waals surface area contributed by atoms with Crippen LogP contribution in [0.2, 0.25) is 5.02 Å². The quantitative estimate of drug-likeness (QED) is 0.614. The number of halogens is 1. The van der Waals surface area contributed by atoms with Crippen molar-refractivity contribution in [2.45, 2.75) is 19.9 Å². The Hall–Kier alpha value is -3.16. The molecular formula is C23H19ClN2O4S. The third kappa shape index (κ3) is 3.94. The van der Waals surface area contributed by atoms with E-state index in [1.165, 1.54) is 15.9 Å². The number of allylic oxidation sites excluding steroid dienone is 1. The number of rotatable bonds is 4. The van der Waals surface area contributed by atoms with Crippen molar-refractivity contribution in [3.05, 3.63) is 95.6 Å². The highest BCUT2D eigenvalue weighted by Gasteiger charge is 2.34. The topological polar surface area (TPSA) is 80.9 Å². The number of phenolic OH excluding ortho intramolecular Hbond substituents is 1. The molecule has 8 heteroatoms. The minimum absolute atomic E-state index is 0.107. The number of benzene rings is 2. The second-order valence-electron chi connectivity index (χ2n) is 6.92. The van der Waals surface area contributed by atoms with Gasteiger partial charge in [-0.25, -0.2) is 9.79 Å². The fourth-order valence-corrected chi connectivity index (χ4v) is 4.83. The van der Waals surface area contributed by atoms with Crippen LogP contribution in [0.5, 0.6) is 5.75 Å². The highest BCUT2D eigenvalue weighted by molar-refractivity contribution is 7.07. The maximum absolute atomic E-state index is 13.4. The number of nitrogens with zero attached hydrogens (tertiary/aromatic N) is 2. The molecular weight excluding hydrogens is 436 g/mol. The second-order valence-corrected chi connectivity index (χ2v) is 8.34. The predicted octanol–water partition coefficient (Wildman–Crippen LogP) is 3.16. The minimum atomic E-state index is -0.754. The zero-order chi connectivity index (χ0) is 22.1. The highest BCUT2D eigenvalue weighted by atomic mass is 35.5. The first kappa shape index (κ1) is 21.1. The molecule has 1 atom stereocenters. The molecule has 1 aliphatic heterocycles. The van der Waals surface area contributed by atoms with Gasteiger partial charge in [-0.05, 0) is 49.2 Å². The number of phenols is 1. The van der Waals surface area contributed by atoms with Crippen LogP contribution >= 0.6 is 22.9 Å². The summed E-state index contributed by atoms with van der Waals surface area (Å²) in [7, 11) is 0. The Bertz CT molecular complexity index is 1390. The Balaban J connectivity index is 1.99. The van der Waals surface area contributed by atoms with Crippen LogP contribution in [-0.4, -0.2) is 22.2 Å². The maximum atomic E-state index is 13.4. The SMILES string of the molecule is CCOC(=O)C1=C(C)N=c2s/c(=C\c3cccc(O)c3)c(=O)n2C1c1ccccc1Cl. The van der Waals surface area contributed by atoms with Crippen LogP contribution < -0.4 is 14.9 Å². The number of ether oxygens (including phenoxy) is 1. The Morgan fingerprint density at radius 3 is 2.77 bits per heavy atom. The lowest BCUT2D eigenvalue weighted by molar-refractivity contribution is -0.139. The molecule has 1 aromatic heterocycles. The van der Waals surface area contributed by atoms with Crippen molar-refractivity contribution in [3.63, 3.8) is 0 Å². The van der Waals surface area contributed by atoms with Gasteiger partial charge in [-0.2, -0.15) is 0 Å². The lowest BCUT2D eigenvalue weighted by Gasteiger charge is -2.25. The smallest absolute Gasteiger partial charge is 0.338 e. The van der Waals surface area contributed by atoms with Crippen LogP contribution in [0.15, 0.2) is 69.6 Å². The van der Waals surface area contributed by atoms with Crippen LogP contribution in [0.25, 0.3) is 6.08 Å². The van der Waals surface area contributed by atoms with Crippen LogP contribution in [0.1, 0.15) is 31.0 Å². The van der Waals surface area contributed by atoms with Crippen molar-refractivity contribution in [1.82, 2.24) is 4.57 Å². The number of hydrogen-bond donors (Lipinski definition) is 1. The van der Waals surface area contributed by atoms with E-state index in [0.717, 1.165) is 0 Å². The van der Waals surface area contributed by atoms with Gasteiger partial charge in [0.15, 0.2) is 4.80 Å². The Morgan fingerprint density at radius 1 is 1.29 bits per heavy atom. The fraction of sp³-hybridized carbons (Fsp3) is 0.174. The molecule has 0 spiro atoms. The molecule has 3 aromatic rings. The summed E-state index contributed by atoms with van der Waals surface area (Å²) in [6, 6.07) is 13.0. The van der Waals surface area contributed by atoms with E-state index in [9.17, 15) is 14.7 Å². The number of esters is 1. The monoisotopic (exact) mass is 454 g/mol. The molecule has 1 unspecified atom stereocenters. The summed E-state index contributed by atoms with van der Waals surface area (Å²) in [6.07, 6.45) is 1.69. The van der Waals surface area contributed by atoms with Gasteiger partial charge in [-0.3, -0.25) is 9.36 Å². The molecule has 0 saturated heterocycles. The van der Waals surface area contributed by atoms with Crippen molar-refractivity contribution in [2.24, 2.45) is 4.99 Å². The lowest BCUT2D eigenvalue weighted by Crippen LogP contribution is -2.40. The molecule has 0 saturated carbocycles. The largest absolute Gasteiger partial charge is 0.508 e. The van der Waals surface area contributed by atoms with Gasteiger partial charge in [0.25, 0.3) is 5.56 Å². The molecule has 4 rings (SSSR count). The summed E-state index contributed by atoms with van der Waals surface area (Å²) in [4.78, 5) is 31.3. The average molecular weight is 455 g/mol. The molecule has 0 radical (unpaired) electrons. The molecule has 31 heavy (non-hydrogen) atoms. The van der Waals surface area contributed by atoms with E-state index >= 15 is 0 Å². The summed E-state index contributed by atoms with van der Waals surface area (Å²) in [5.74, 6) is -0.424. The van der Waals surface area contributed by atoms with Crippen molar-refractivity contribution >= 4 is 35.0 Å². The molecule has 1 aliphatic rings. The minimum Gasteiger partial charge on any atom is -0.508 e. The molecule has 2 heterocycles. The number of carbonyl (C=O) groups excluding carboxylic acids is 1. The molecule has 6 nitrogen and oxygen atoms in total. The zero-order valence-electron chi connectivity index (χ0n) is 16.8. The summed E-state index contributed by atoms with van der Waals surface area (Å²) in [6.45, 7) is 3.65. The number of hydrogen-bond acceptors (Lipinski definition) is 6. The number of fused-ring (bicyclic) bond motifs is 1.